The Hall–Kier alpha value is -2.07. The Morgan fingerprint density at radius 2 is 1.82 bits per heavy atom. The molecule has 2 rings (SSSR count). The second kappa shape index (κ2) is 8.39. The fraction of sp³-hybridized carbons (Fsp3) is 0.278. The van der Waals surface area contributed by atoms with Crippen LogP contribution in [0.4, 0.5) is 0 Å². The predicted molar refractivity (Wildman–Crippen MR) is 95.2 cm³/mol. The van der Waals surface area contributed by atoms with Crippen molar-refractivity contribution in [2.24, 2.45) is 0 Å². The Balaban J connectivity index is 1.79. The van der Waals surface area contributed by atoms with Crippen LogP contribution < -0.4 is 10.1 Å². The molecule has 4 heteroatoms. The van der Waals surface area contributed by atoms with Gasteiger partial charge in [0.1, 0.15) is 5.75 Å². The topological polar surface area (TPSA) is 24.5 Å². The van der Waals surface area contributed by atoms with Crippen LogP contribution in [-0.2, 0) is 13.0 Å². The minimum Gasteiger partial charge on any atom is -0.497 e. The van der Waals surface area contributed by atoms with Gasteiger partial charge in [-0.05, 0) is 41.9 Å². The van der Waals surface area contributed by atoms with Gasteiger partial charge in [-0.3, -0.25) is 0 Å². The molecule has 0 saturated heterocycles. The van der Waals surface area contributed by atoms with Crippen molar-refractivity contribution in [3.63, 3.8) is 0 Å². The number of rotatable bonds is 6. The number of nitrogens with zero attached hydrogens (tertiary/aromatic N) is 1. The van der Waals surface area contributed by atoms with E-state index < -0.39 is 0 Å². The van der Waals surface area contributed by atoms with Crippen molar-refractivity contribution in [1.82, 2.24) is 10.2 Å². The Kier molecular flexibility index (Phi) is 6.22. The lowest BCUT2D eigenvalue weighted by atomic mass is 10.1. The van der Waals surface area contributed by atoms with Crippen LogP contribution in [0.2, 0.25) is 0 Å². The molecule has 0 spiro atoms. The number of ether oxygens (including phenoxy) is 1. The highest BCUT2D eigenvalue weighted by Crippen LogP contribution is 2.13. The molecule has 0 heterocycles. The molecule has 0 aliphatic carbocycles. The van der Waals surface area contributed by atoms with E-state index in [1.165, 1.54) is 11.1 Å². The summed E-state index contributed by atoms with van der Waals surface area (Å²) in [6.45, 7) is 1.60. The molecule has 0 atom stereocenters. The predicted octanol–water partition coefficient (Wildman–Crippen LogP) is 3.24. The van der Waals surface area contributed by atoms with Gasteiger partial charge in [-0.25, -0.2) is 0 Å². The van der Waals surface area contributed by atoms with Crippen molar-refractivity contribution in [3.8, 4) is 5.75 Å². The summed E-state index contributed by atoms with van der Waals surface area (Å²) in [5, 5.41) is 4.07. The molecule has 0 aliphatic heterocycles. The number of thiocarbonyl (C=S) groups is 1. The van der Waals surface area contributed by atoms with E-state index in [0.29, 0.717) is 0 Å². The van der Waals surface area contributed by atoms with E-state index in [0.717, 1.165) is 30.4 Å². The first-order valence-electron chi connectivity index (χ1n) is 7.35. The van der Waals surface area contributed by atoms with Crippen molar-refractivity contribution >= 4 is 17.3 Å². The zero-order valence-corrected chi connectivity index (χ0v) is 13.9. The second-order valence-electron chi connectivity index (χ2n) is 5.18. The van der Waals surface area contributed by atoms with Gasteiger partial charge in [0.15, 0.2) is 5.11 Å². The average molecular weight is 314 g/mol. The molecule has 22 heavy (non-hydrogen) atoms. The van der Waals surface area contributed by atoms with Gasteiger partial charge in [0.2, 0.25) is 0 Å². The van der Waals surface area contributed by atoms with E-state index in [9.17, 15) is 0 Å². The lowest BCUT2D eigenvalue weighted by Gasteiger charge is -2.21. The van der Waals surface area contributed by atoms with Crippen molar-refractivity contribution in [3.05, 3.63) is 65.7 Å². The molecule has 0 saturated carbocycles. The molecule has 3 nitrogen and oxygen atoms in total. The molecule has 1 N–H and O–H groups in total. The van der Waals surface area contributed by atoms with Crippen LogP contribution in [0.1, 0.15) is 11.1 Å². The van der Waals surface area contributed by atoms with Crippen molar-refractivity contribution < 1.29 is 4.74 Å². The van der Waals surface area contributed by atoms with Crippen LogP contribution in [0.5, 0.6) is 5.75 Å². The molecule has 0 aliphatic rings. The normalized spacial score (nSPS) is 10.1. The van der Waals surface area contributed by atoms with Crippen molar-refractivity contribution in [2.75, 3.05) is 20.7 Å². The summed E-state index contributed by atoms with van der Waals surface area (Å²) < 4.78 is 5.24. The lowest BCUT2D eigenvalue weighted by molar-refractivity contribution is 0.412. The fourth-order valence-corrected chi connectivity index (χ4v) is 2.38. The van der Waals surface area contributed by atoms with Gasteiger partial charge >= 0.3 is 0 Å². The fourth-order valence-electron chi connectivity index (χ4n) is 2.21. The smallest absolute Gasteiger partial charge is 0.168 e. The van der Waals surface area contributed by atoms with Crippen LogP contribution in [0.25, 0.3) is 0 Å². The molecule has 2 aromatic carbocycles. The van der Waals surface area contributed by atoms with E-state index >= 15 is 0 Å². The second-order valence-corrected chi connectivity index (χ2v) is 5.56. The van der Waals surface area contributed by atoms with E-state index in [1.807, 2.05) is 36.2 Å². The Morgan fingerprint density at radius 3 is 2.55 bits per heavy atom. The first kappa shape index (κ1) is 16.3. The number of hydrogen-bond donors (Lipinski definition) is 1. The molecule has 0 fully saturated rings. The van der Waals surface area contributed by atoms with Crippen LogP contribution in [0.15, 0.2) is 54.6 Å². The minimum absolute atomic E-state index is 0.758. The number of nitrogens with one attached hydrogen (secondary N) is 1. The van der Waals surface area contributed by atoms with Gasteiger partial charge in [-0.1, -0.05) is 42.5 Å². The standard InChI is InChI=1S/C18H22N2OS/c1-20(14-16-9-6-10-17(13-16)21-2)18(22)19-12-11-15-7-4-3-5-8-15/h3-10,13H,11-12,14H2,1-2H3,(H,19,22). The van der Waals surface area contributed by atoms with Gasteiger partial charge < -0.3 is 15.0 Å². The zero-order chi connectivity index (χ0) is 15.8. The SMILES string of the molecule is COc1cccc(CN(C)C(=S)NCCc2ccccc2)c1. The summed E-state index contributed by atoms with van der Waals surface area (Å²) in [5.41, 5.74) is 2.49. The first-order valence-corrected chi connectivity index (χ1v) is 7.75. The molecular formula is C18H22N2OS. The highest BCUT2D eigenvalue weighted by molar-refractivity contribution is 7.80. The quantitative estimate of drug-likeness (QED) is 0.827. The number of benzene rings is 2. The molecular weight excluding hydrogens is 292 g/mol. The maximum atomic E-state index is 5.44. The van der Waals surface area contributed by atoms with Crippen LogP contribution in [0, 0.1) is 0 Å². The molecule has 0 bridgehead atoms. The van der Waals surface area contributed by atoms with Gasteiger partial charge in [0.05, 0.1) is 7.11 Å². The molecule has 0 unspecified atom stereocenters. The van der Waals surface area contributed by atoms with E-state index in [1.54, 1.807) is 7.11 Å². The third-order valence-electron chi connectivity index (χ3n) is 3.43. The highest BCUT2D eigenvalue weighted by Gasteiger charge is 2.05. The summed E-state index contributed by atoms with van der Waals surface area (Å²) in [4.78, 5) is 2.04. The Bertz CT molecular complexity index is 601. The van der Waals surface area contributed by atoms with Gasteiger partial charge in [0, 0.05) is 20.1 Å². The van der Waals surface area contributed by atoms with Crippen LogP contribution >= 0.6 is 12.2 Å². The van der Waals surface area contributed by atoms with E-state index in [4.69, 9.17) is 17.0 Å². The van der Waals surface area contributed by atoms with Crippen LogP contribution in [0.3, 0.4) is 0 Å². The molecule has 0 amide bonds. The Labute approximate surface area is 137 Å². The van der Waals surface area contributed by atoms with Gasteiger partial charge in [-0.15, -0.1) is 0 Å². The summed E-state index contributed by atoms with van der Waals surface area (Å²) in [6, 6.07) is 18.5. The van der Waals surface area contributed by atoms with Gasteiger partial charge in [0.25, 0.3) is 0 Å². The zero-order valence-electron chi connectivity index (χ0n) is 13.1. The molecule has 0 radical (unpaired) electrons. The highest BCUT2D eigenvalue weighted by atomic mass is 32.1. The molecule has 0 aromatic heterocycles. The summed E-state index contributed by atoms with van der Waals surface area (Å²) >= 11 is 5.44. The minimum atomic E-state index is 0.758. The maximum absolute atomic E-state index is 5.44. The van der Waals surface area contributed by atoms with Gasteiger partial charge in [-0.2, -0.15) is 0 Å². The third-order valence-corrected chi connectivity index (χ3v) is 3.89. The molecule has 2 aromatic rings. The number of methoxy groups -OCH3 is 1. The summed E-state index contributed by atoms with van der Waals surface area (Å²) in [7, 11) is 3.68. The lowest BCUT2D eigenvalue weighted by Crippen LogP contribution is -2.37. The monoisotopic (exact) mass is 314 g/mol. The van der Waals surface area contributed by atoms with E-state index in [2.05, 4.69) is 35.6 Å². The van der Waals surface area contributed by atoms with E-state index in [-0.39, 0.29) is 0 Å². The molecule has 116 valence electrons. The Morgan fingerprint density at radius 1 is 1.09 bits per heavy atom. The van der Waals surface area contributed by atoms with Crippen LogP contribution in [-0.4, -0.2) is 30.7 Å². The maximum Gasteiger partial charge on any atom is 0.168 e. The first-order chi connectivity index (χ1) is 10.7. The third kappa shape index (κ3) is 5.04. The summed E-state index contributed by atoms with van der Waals surface area (Å²) in [6.07, 6.45) is 0.966. The summed E-state index contributed by atoms with van der Waals surface area (Å²) in [5.74, 6) is 0.869. The average Bonchev–Trinajstić information content (AvgIpc) is 2.56. The van der Waals surface area contributed by atoms with Crippen molar-refractivity contribution in [1.29, 1.82) is 0 Å². The van der Waals surface area contributed by atoms with Crippen molar-refractivity contribution in [2.45, 2.75) is 13.0 Å². The largest absolute Gasteiger partial charge is 0.497 e. The number of hydrogen-bond acceptors (Lipinski definition) is 2.